The minimum absolute atomic E-state index is 0.146. The molecule has 1 aromatic carbocycles. The summed E-state index contributed by atoms with van der Waals surface area (Å²) in [6.07, 6.45) is 0. The maximum Gasteiger partial charge on any atom is 0.315 e. The number of phenolic OH excluding ortho intramolecular Hbond substituents is 1. The van der Waals surface area contributed by atoms with Crippen molar-refractivity contribution >= 4 is 5.69 Å². The molecule has 1 aromatic rings. The number of phenols is 1. The molecule has 1 aliphatic rings. The fraction of sp³-hybridized carbons (Fsp3) is 0.333. The molecule has 2 rings (SSSR count). The van der Waals surface area contributed by atoms with Crippen molar-refractivity contribution in [2.24, 2.45) is 0 Å². The van der Waals surface area contributed by atoms with Gasteiger partial charge in [0.25, 0.3) is 0 Å². The number of nitrogens with zero attached hydrogens (tertiary/aromatic N) is 2. The van der Waals surface area contributed by atoms with E-state index < -0.39 is 4.92 Å². The number of rotatable bonds is 1. The quantitative estimate of drug-likeness (QED) is 0.539. The maximum absolute atomic E-state index is 10.7. The van der Waals surface area contributed by atoms with Gasteiger partial charge in [-0.25, -0.2) is 0 Å². The van der Waals surface area contributed by atoms with Gasteiger partial charge in [0.2, 0.25) is 0 Å². The molecule has 1 heterocycles. The Bertz CT molecular complexity index is 403. The van der Waals surface area contributed by atoms with Gasteiger partial charge in [-0.1, -0.05) is 6.07 Å². The molecule has 0 atom stereocenters. The molecular formula is C9H10N2O3. The van der Waals surface area contributed by atoms with Gasteiger partial charge in [-0.2, -0.15) is 0 Å². The number of fused-ring (bicyclic) bond motifs is 1. The lowest BCUT2D eigenvalue weighted by Crippen LogP contribution is -2.07. The monoisotopic (exact) mass is 194 g/mol. The molecule has 74 valence electrons. The van der Waals surface area contributed by atoms with Crippen molar-refractivity contribution in [1.82, 2.24) is 4.90 Å². The first-order valence-electron chi connectivity index (χ1n) is 4.26. The third-order valence-corrected chi connectivity index (χ3v) is 2.41. The molecule has 0 saturated heterocycles. The minimum atomic E-state index is -0.521. The molecule has 1 N–H and O–H groups in total. The Kier molecular flexibility index (Phi) is 1.89. The highest BCUT2D eigenvalue weighted by molar-refractivity contribution is 5.56. The average molecular weight is 194 g/mol. The van der Waals surface area contributed by atoms with E-state index in [0.717, 1.165) is 5.56 Å². The molecular weight excluding hydrogens is 184 g/mol. The summed E-state index contributed by atoms with van der Waals surface area (Å²) in [4.78, 5) is 12.2. The largest absolute Gasteiger partial charge is 0.502 e. The fourth-order valence-corrected chi connectivity index (χ4v) is 1.81. The van der Waals surface area contributed by atoms with Crippen molar-refractivity contribution in [2.45, 2.75) is 13.1 Å². The number of nitro benzene ring substituents is 1. The van der Waals surface area contributed by atoms with E-state index in [0.29, 0.717) is 18.7 Å². The summed E-state index contributed by atoms with van der Waals surface area (Å²) in [6, 6.07) is 3.12. The van der Waals surface area contributed by atoms with E-state index in [-0.39, 0.29) is 11.4 Å². The first-order chi connectivity index (χ1) is 6.59. The summed E-state index contributed by atoms with van der Waals surface area (Å²) in [6.45, 7) is 1.23. The van der Waals surface area contributed by atoms with E-state index in [1.165, 1.54) is 6.07 Å². The Balaban J connectivity index is 2.60. The van der Waals surface area contributed by atoms with Crippen LogP contribution < -0.4 is 0 Å². The van der Waals surface area contributed by atoms with Gasteiger partial charge in [0.1, 0.15) is 0 Å². The van der Waals surface area contributed by atoms with E-state index >= 15 is 0 Å². The lowest BCUT2D eigenvalue weighted by molar-refractivity contribution is -0.386. The summed E-state index contributed by atoms with van der Waals surface area (Å²) in [7, 11) is 1.89. The van der Waals surface area contributed by atoms with E-state index in [1.807, 2.05) is 11.9 Å². The standard InChI is InChI=1S/C9H10N2O3/c1-10-4-6-2-3-8(12)9(11(13)14)7(6)5-10/h2-3,12H,4-5H2,1H3. The lowest BCUT2D eigenvalue weighted by atomic mass is 10.1. The highest BCUT2D eigenvalue weighted by Gasteiger charge is 2.28. The molecule has 0 saturated carbocycles. The van der Waals surface area contributed by atoms with Gasteiger partial charge in [-0.05, 0) is 18.7 Å². The van der Waals surface area contributed by atoms with E-state index in [4.69, 9.17) is 0 Å². The van der Waals surface area contributed by atoms with Crippen LogP contribution in [0.4, 0.5) is 5.69 Å². The van der Waals surface area contributed by atoms with E-state index in [2.05, 4.69) is 0 Å². The predicted molar refractivity (Wildman–Crippen MR) is 49.9 cm³/mol. The van der Waals surface area contributed by atoms with Crippen molar-refractivity contribution in [2.75, 3.05) is 7.05 Å². The van der Waals surface area contributed by atoms with Gasteiger partial charge in [0.05, 0.1) is 10.5 Å². The SMILES string of the molecule is CN1Cc2ccc(O)c([N+](=O)[O-])c2C1. The Labute approximate surface area is 80.7 Å². The summed E-state index contributed by atoms with van der Waals surface area (Å²) >= 11 is 0. The van der Waals surface area contributed by atoms with Crippen LogP contribution in [0.15, 0.2) is 12.1 Å². The molecule has 0 radical (unpaired) electrons. The summed E-state index contributed by atoms with van der Waals surface area (Å²) in [5, 5.41) is 20.1. The lowest BCUT2D eigenvalue weighted by Gasteiger charge is -2.03. The van der Waals surface area contributed by atoms with Crippen LogP contribution >= 0.6 is 0 Å². The number of hydrogen-bond donors (Lipinski definition) is 1. The van der Waals surface area contributed by atoms with Crippen molar-refractivity contribution in [3.05, 3.63) is 33.4 Å². The summed E-state index contributed by atoms with van der Waals surface area (Å²) < 4.78 is 0. The molecule has 5 heteroatoms. The number of nitro groups is 1. The molecule has 5 nitrogen and oxygen atoms in total. The smallest absolute Gasteiger partial charge is 0.315 e. The fourth-order valence-electron chi connectivity index (χ4n) is 1.81. The first-order valence-corrected chi connectivity index (χ1v) is 4.26. The number of benzene rings is 1. The van der Waals surface area contributed by atoms with Crippen molar-refractivity contribution < 1.29 is 10.0 Å². The second kappa shape index (κ2) is 2.95. The molecule has 14 heavy (non-hydrogen) atoms. The Morgan fingerprint density at radius 3 is 2.86 bits per heavy atom. The van der Waals surface area contributed by atoms with Crippen molar-refractivity contribution in [1.29, 1.82) is 0 Å². The molecule has 1 aliphatic heterocycles. The van der Waals surface area contributed by atoms with Crippen LogP contribution in [0.3, 0.4) is 0 Å². The summed E-state index contributed by atoms with van der Waals surface area (Å²) in [5.41, 5.74) is 1.42. The zero-order valence-corrected chi connectivity index (χ0v) is 7.73. The maximum atomic E-state index is 10.7. The minimum Gasteiger partial charge on any atom is -0.502 e. The second-order valence-electron chi connectivity index (χ2n) is 3.50. The zero-order valence-electron chi connectivity index (χ0n) is 7.73. The molecule has 0 aliphatic carbocycles. The van der Waals surface area contributed by atoms with Crippen LogP contribution in [0, 0.1) is 10.1 Å². The van der Waals surface area contributed by atoms with E-state index in [9.17, 15) is 15.2 Å². The predicted octanol–water partition coefficient (Wildman–Crippen LogP) is 1.25. The van der Waals surface area contributed by atoms with Crippen LogP contribution in [-0.4, -0.2) is 22.0 Å². The Morgan fingerprint density at radius 2 is 2.21 bits per heavy atom. The van der Waals surface area contributed by atoms with Crippen LogP contribution in [-0.2, 0) is 13.1 Å². The zero-order chi connectivity index (χ0) is 10.3. The van der Waals surface area contributed by atoms with E-state index in [1.54, 1.807) is 6.07 Å². The van der Waals surface area contributed by atoms with Crippen LogP contribution in [0.25, 0.3) is 0 Å². The summed E-state index contributed by atoms with van der Waals surface area (Å²) in [5.74, 6) is -0.246. The second-order valence-corrected chi connectivity index (χ2v) is 3.50. The normalized spacial score (nSPS) is 15.5. The molecule has 0 amide bonds. The Morgan fingerprint density at radius 1 is 1.50 bits per heavy atom. The van der Waals surface area contributed by atoms with Gasteiger partial charge in [0.15, 0.2) is 5.75 Å². The van der Waals surface area contributed by atoms with Crippen molar-refractivity contribution in [3.8, 4) is 5.75 Å². The third-order valence-electron chi connectivity index (χ3n) is 2.41. The van der Waals surface area contributed by atoms with Crippen LogP contribution in [0.1, 0.15) is 11.1 Å². The molecule has 0 bridgehead atoms. The van der Waals surface area contributed by atoms with Crippen LogP contribution in [0.2, 0.25) is 0 Å². The average Bonchev–Trinajstić information content (AvgIpc) is 2.43. The highest BCUT2D eigenvalue weighted by Crippen LogP contribution is 2.36. The van der Waals surface area contributed by atoms with Gasteiger partial charge < -0.3 is 5.11 Å². The topological polar surface area (TPSA) is 66.6 Å². The Hall–Kier alpha value is -1.62. The van der Waals surface area contributed by atoms with Gasteiger partial charge in [0, 0.05) is 13.1 Å². The van der Waals surface area contributed by atoms with Gasteiger partial charge >= 0.3 is 5.69 Å². The van der Waals surface area contributed by atoms with Crippen molar-refractivity contribution in [3.63, 3.8) is 0 Å². The molecule has 0 spiro atoms. The molecule has 0 aromatic heterocycles. The van der Waals surface area contributed by atoms with Gasteiger partial charge in [-0.15, -0.1) is 0 Å². The highest BCUT2D eigenvalue weighted by atomic mass is 16.6. The third kappa shape index (κ3) is 1.22. The van der Waals surface area contributed by atoms with Gasteiger partial charge in [-0.3, -0.25) is 15.0 Å². The van der Waals surface area contributed by atoms with Crippen LogP contribution in [0.5, 0.6) is 5.75 Å². The number of aromatic hydroxyl groups is 1. The first kappa shape index (κ1) is 8.96. The number of hydrogen-bond acceptors (Lipinski definition) is 4. The molecule has 0 fully saturated rings. The molecule has 0 unspecified atom stereocenters.